The van der Waals surface area contributed by atoms with Crippen molar-refractivity contribution in [1.29, 1.82) is 0 Å². The number of hydrogen-bond acceptors (Lipinski definition) is 4. The molecular formula is C8H16O4. The molecule has 4 unspecified atom stereocenters. The minimum atomic E-state index is -0.566. The number of hydrogen-bond donors (Lipinski definition) is 2. The predicted octanol–water partition coefficient (Wildman–Crippen LogP) is -0.468. The summed E-state index contributed by atoms with van der Waals surface area (Å²) in [7, 11) is 0. The first kappa shape index (κ1) is 9.92. The second kappa shape index (κ2) is 4.18. The molecule has 0 amide bonds. The van der Waals surface area contributed by atoms with E-state index in [1.54, 1.807) is 13.8 Å². The molecule has 1 aliphatic rings. The van der Waals surface area contributed by atoms with Crippen molar-refractivity contribution in [3.05, 3.63) is 0 Å². The number of aliphatic hydroxyl groups excluding tert-OH is 2. The van der Waals surface area contributed by atoms with Crippen molar-refractivity contribution < 1.29 is 19.7 Å². The van der Waals surface area contributed by atoms with Gasteiger partial charge in [0.2, 0.25) is 0 Å². The van der Waals surface area contributed by atoms with E-state index in [0.717, 1.165) is 0 Å². The van der Waals surface area contributed by atoms with Gasteiger partial charge in [-0.05, 0) is 13.8 Å². The van der Waals surface area contributed by atoms with Gasteiger partial charge in [-0.3, -0.25) is 0 Å². The third kappa shape index (κ3) is 3.06. The van der Waals surface area contributed by atoms with Crippen LogP contribution in [0.15, 0.2) is 0 Å². The Labute approximate surface area is 72.1 Å². The first-order valence-corrected chi connectivity index (χ1v) is 4.20. The van der Waals surface area contributed by atoms with Gasteiger partial charge < -0.3 is 19.7 Å². The lowest BCUT2D eigenvalue weighted by Crippen LogP contribution is -2.32. The Bertz CT molecular complexity index is 133. The number of aliphatic hydroxyl groups is 2. The van der Waals surface area contributed by atoms with Crippen molar-refractivity contribution in [2.45, 2.75) is 38.3 Å². The monoisotopic (exact) mass is 176 g/mol. The molecule has 0 aromatic carbocycles. The van der Waals surface area contributed by atoms with Crippen molar-refractivity contribution in [2.75, 3.05) is 13.2 Å². The van der Waals surface area contributed by atoms with Gasteiger partial charge in [-0.2, -0.15) is 0 Å². The zero-order chi connectivity index (χ0) is 9.14. The highest BCUT2D eigenvalue weighted by Gasteiger charge is 2.35. The van der Waals surface area contributed by atoms with E-state index >= 15 is 0 Å². The van der Waals surface area contributed by atoms with E-state index in [1.807, 2.05) is 0 Å². The fourth-order valence-electron chi connectivity index (χ4n) is 0.945. The molecule has 2 N–H and O–H groups in total. The lowest BCUT2D eigenvalue weighted by Gasteiger charge is -2.18. The SMILES string of the molecule is CC(O)COC(C)C(O)C1CO1. The second-order valence-electron chi connectivity index (χ2n) is 3.25. The van der Waals surface area contributed by atoms with E-state index in [0.29, 0.717) is 6.61 Å². The van der Waals surface area contributed by atoms with Crippen LogP contribution in [0.25, 0.3) is 0 Å². The molecule has 0 aliphatic carbocycles. The quantitative estimate of drug-likeness (QED) is 0.556. The summed E-state index contributed by atoms with van der Waals surface area (Å²) in [6.07, 6.45) is -1.38. The molecule has 0 bridgehead atoms. The number of ether oxygens (including phenoxy) is 2. The number of rotatable bonds is 5. The summed E-state index contributed by atoms with van der Waals surface area (Å²) in [6.45, 7) is 4.29. The van der Waals surface area contributed by atoms with Crippen LogP contribution in [-0.2, 0) is 9.47 Å². The Morgan fingerprint density at radius 1 is 1.50 bits per heavy atom. The molecule has 1 aliphatic heterocycles. The molecule has 1 saturated heterocycles. The highest BCUT2D eigenvalue weighted by molar-refractivity contribution is 4.82. The standard InChI is InChI=1S/C8H16O4/c1-5(9)3-11-6(2)8(10)7-4-12-7/h5-10H,3-4H2,1-2H3. The van der Waals surface area contributed by atoms with Crippen molar-refractivity contribution in [1.82, 2.24) is 0 Å². The molecule has 1 fully saturated rings. The Kier molecular flexibility index (Phi) is 3.46. The van der Waals surface area contributed by atoms with Crippen LogP contribution in [0.1, 0.15) is 13.8 Å². The summed E-state index contributed by atoms with van der Waals surface area (Å²) >= 11 is 0. The first-order chi connectivity index (χ1) is 5.61. The molecule has 4 heteroatoms. The molecule has 12 heavy (non-hydrogen) atoms. The summed E-state index contributed by atoms with van der Waals surface area (Å²) in [6, 6.07) is 0. The Balaban J connectivity index is 2.13. The second-order valence-corrected chi connectivity index (χ2v) is 3.25. The molecular weight excluding hydrogens is 160 g/mol. The molecule has 4 nitrogen and oxygen atoms in total. The van der Waals surface area contributed by atoms with Gasteiger partial charge >= 0.3 is 0 Å². The van der Waals surface area contributed by atoms with E-state index in [9.17, 15) is 5.11 Å². The van der Waals surface area contributed by atoms with Crippen LogP contribution in [0.2, 0.25) is 0 Å². The van der Waals surface area contributed by atoms with Crippen molar-refractivity contribution in [2.24, 2.45) is 0 Å². The van der Waals surface area contributed by atoms with Gasteiger partial charge in [-0.25, -0.2) is 0 Å². The molecule has 0 saturated carbocycles. The van der Waals surface area contributed by atoms with E-state index in [-0.39, 0.29) is 18.8 Å². The van der Waals surface area contributed by atoms with E-state index < -0.39 is 12.2 Å². The average molecular weight is 176 g/mol. The minimum Gasteiger partial charge on any atom is -0.391 e. The Hall–Kier alpha value is -0.160. The molecule has 0 aromatic rings. The maximum Gasteiger partial charge on any atom is 0.109 e. The van der Waals surface area contributed by atoms with Gasteiger partial charge in [0.05, 0.1) is 25.4 Å². The predicted molar refractivity (Wildman–Crippen MR) is 42.8 cm³/mol. The smallest absolute Gasteiger partial charge is 0.109 e. The van der Waals surface area contributed by atoms with Crippen LogP contribution >= 0.6 is 0 Å². The van der Waals surface area contributed by atoms with Gasteiger partial charge in [-0.1, -0.05) is 0 Å². The summed E-state index contributed by atoms with van der Waals surface area (Å²) in [4.78, 5) is 0. The van der Waals surface area contributed by atoms with Crippen LogP contribution < -0.4 is 0 Å². The Morgan fingerprint density at radius 2 is 2.08 bits per heavy atom. The fourth-order valence-corrected chi connectivity index (χ4v) is 0.945. The average Bonchev–Trinajstić information content (AvgIpc) is 2.80. The molecule has 0 aromatic heterocycles. The molecule has 0 spiro atoms. The minimum absolute atomic E-state index is 0.0611. The van der Waals surface area contributed by atoms with Crippen LogP contribution in [0.4, 0.5) is 0 Å². The highest BCUT2D eigenvalue weighted by Crippen LogP contribution is 2.18. The normalized spacial score (nSPS) is 29.5. The van der Waals surface area contributed by atoms with Crippen LogP contribution in [0.5, 0.6) is 0 Å². The summed E-state index contributed by atoms with van der Waals surface area (Å²) in [5.41, 5.74) is 0. The molecule has 1 heterocycles. The van der Waals surface area contributed by atoms with Gasteiger partial charge in [0.1, 0.15) is 12.2 Å². The third-order valence-corrected chi connectivity index (χ3v) is 1.82. The van der Waals surface area contributed by atoms with Crippen molar-refractivity contribution in [3.63, 3.8) is 0 Å². The Morgan fingerprint density at radius 3 is 2.50 bits per heavy atom. The van der Waals surface area contributed by atoms with Gasteiger partial charge in [0.15, 0.2) is 0 Å². The molecule has 72 valence electrons. The largest absolute Gasteiger partial charge is 0.391 e. The van der Waals surface area contributed by atoms with Crippen LogP contribution in [-0.4, -0.2) is 47.8 Å². The van der Waals surface area contributed by atoms with Crippen LogP contribution in [0.3, 0.4) is 0 Å². The highest BCUT2D eigenvalue weighted by atomic mass is 16.6. The van der Waals surface area contributed by atoms with E-state index in [4.69, 9.17) is 14.6 Å². The zero-order valence-corrected chi connectivity index (χ0v) is 7.43. The summed E-state index contributed by atoms with van der Waals surface area (Å²) in [5, 5.41) is 18.3. The lowest BCUT2D eigenvalue weighted by atomic mass is 10.2. The zero-order valence-electron chi connectivity index (χ0n) is 7.43. The third-order valence-electron chi connectivity index (χ3n) is 1.82. The summed E-state index contributed by atoms with van der Waals surface area (Å²) in [5.74, 6) is 0. The topological polar surface area (TPSA) is 62.2 Å². The maximum absolute atomic E-state index is 9.44. The first-order valence-electron chi connectivity index (χ1n) is 4.20. The number of epoxide rings is 1. The molecule has 0 radical (unpaired) electrons. The van der Waals surface area contributed by atoms with E-state index in [2.05, 4.69) is 0 Å². The molecule has 1 rings (SSSR count). The van der Waals surface area contributed by atoms with Gasteiger partial charge in [-0.15, -0.1) is 0 Å². The maximum atomic E-state index is 9.44. The van der Waals surface area contributed by atoms with Gasteiger partial charge in [0, 0.05) is 0 Å². The van der Waals surface area contributed by atoms with Crippen LogP contribution in [0, 0.1) is 0 Å². The van der Waals surface area contributed by atoms with Gasteiger partial charge in [0.25, 0.3) is 0 Å². The molecule has 4 atom stereocenters. The fraction of sp³-hybridized carbons (Fsp3) is 1.00. The lowest BCUT2D eigenvalue weighted by molar-refractivity contribution is -0.0613. The van der Waals surface area contributed by atoms with E-state index in [1.165, 1.54) is 0 Å². The summed E-state index contributed by atoms with van der Waals surface area (Å²) < 4.78 is 10.1. The van der Waals surface area contributed by atoms with Crippen molar-refractivity contribution in [3.8, 4) is 0 Å². The van der Waals surface area contributed by atoms with Crippen molar-refractivity contribution >= 4 is 0 Å².